The summed E-state index contributed by atoms with van der Waals surface area (Å²) >= 11 is 0. The van der Waals surface area contributed by atoms with Crippen molar-refractivity contribution in [1.29, 1.82) is 0 Å². The first kappa shape index (κ1) is 23.1. The second-order valence-corrected chi connectivity index (χ2v) is 7.31. The molecular formula is C21H33N3O5. The number of phenolic OH excluding ortho intramolecular Hbond substituents is 1. The molecule has 1 unspecified atom stereocenters. The minimum absolute atomic E-state index is 0.00798. The van der Waals surface area contributed by atoms with Gasteiger partial charge in [-0.1, -0.05) is 13.8 Å². The summed E-state index contributed by atoms with van der Waals surface area (Å²) in [5.41, 5.74) is 1.07. The molecule has 1 aromatic carbocycles. The Hall–Kier alpha value is -2.16. The van der Waals surface area contributed by atoms with Gasteiger partial charge in [-0.15, -0.1) is 0 Å². The van der Waals surface area contributed by atoms with Gasteiger partial charge >= 0.3 is 0 Å². The van der Waals surface area contributed by atoms with Crippen LogP contribution in [0.5, 0.6) is 5.75 Å². The molecule has 2 amide bonds. The summed E-state index contributed by atoms with van der Waals surface area (Å²) in [6, 6.07) is 3.70. The van der Waals surface area contributed by atoms with Crippen molar-refractivity contribution in [2.75, 3.05) is 46.0 Å². The molecule has 0 saturated carbocycles. The molecule has 0 aliphatic carbocycles. The summed E-state index contributed by atoms with van der Waals surface area (Å²) < 4.78 is 5.34. The molecule has 8 nitrogen and oxygen atoms in total. The van der Waals surface area contributed by atoms with E-state index in [1.807, 2.05) is 13.8 Å². The lowest BCUT2D eigenvalue weighted by Gasteiger charge is -2.27. The molecule has 1 heterocycles. The van der Waals surface area contributed by atoms with Gasteiger partial charge in [0.05, 0.1) is 19.8 Å². The lowest BCUT2D eigenvalue weighted by molar-refractivity contribution is -0.134. The molecule has 8 heteroatoms. The molecule has 0 spiro atoms. The number of rotatable bonds is 10. The van der Waals surface area contributed by atoms with Crippen molar-refractivity contribution in [2.45, 2.75) is 39.3 Å². The van der Waals surface area contributed by atoms with Gasteiger partial charge in [-0.3, -0.25) is 14.5 Å². The van der Waals surface area contributed by atoms with Crippen LogP contribution in [0.3, 0.4) is 0 Å². The monoisotopic (exact) mass is 407 g/mol. The number of nitrogens with zero attached hydrogens (tertiary/aromatic N) is 2. The number of morpholine rings is 1. The summed E-state index contributed by atoms with van der Waals surface area (Å²) in [6.07, 6.45) is 1.60. The topological polar surface area (TPSA) is 102 Å². The summed E-state index contributed by atoms with van der Waals surface area (Å²) in [5, 5.41) is 22.3. The molecule has 2 rings (SSSR count). The van der Waals surface area contributed by atoms with E-state index in [4.69, 9.17) is 4.74 Å². The lowest BCUT2D eigenvalue weighted by Crippen LogP contribution is -2.51. The average molecular weight is 408 g/mol. The zero-order chi connectivity index (χ0) is 21.2. The fraction of sp³-hybridized carbons (Fsp3) is 0.619. The van der Waals surface area contributed by atoms with E-state index >= 15 is 0 Å². The number of aliphatic hydroxyl groups excluding tert-OH is 1. The predicted molar refractivity (Wildman–Crippen MR) is 110 cm³/mol. The number of carbonyl (C=O) groups is 2. The Morgan fingerprint density at radius 1 is 1.17 bits per heavy atom. The number of aromatic hydroxyl groups is 1. The van der Waals surface area contributed by atoms with Crippen molar-refractivity contribution in [2.24, 2.45) is 0 Å². The molecular weight excluding hydrogens is 374 g/mol. The van der Waals surface area contributed by atoms with Crippen LogP contribution >= 0.6 is 0 Å². The molecule has 0 bridgehead atoms. The van der Waals surface area contributed by atoms with Crippen LogP contribution in [0.1, 0.15) is 42.6 Å². The first-order chi connectivity index (χ1) is 14.0. The fourth-order valence-corrected chi connectivity index (χ4v) is 3.43. The molecule has 3 N–H and O–H groups in total. The average Bonchev–Trinajstić information content (AvgIpc) is 2.71. The molecule has 1 aromatic rings. The van der Waals surface area contributed by atoms with Crippen LogP contribution in [0.15, 0.2) is 18.2 Å². The Labute approximate surface area is 172 Å². The number of hydrogen-bond donors (Lipinski definition) is 3. The first-order valence-corrected chi connectivity index (χ1v) is 10.3. The van der Waals surface area contributed by atoms with E-state index in [1.165, 1.54) is 6.07 Å². The zero-order valence-electron chi connectivity index (χ0n) is 17.4. The first-order valence-electron chi connectivity index (χ1n) is 10.3. The summed E-state index contributed by atoms with van der Waals surface area (Å²) in [4.78, 5) is 29.3. The van der Waals surface area contributed by atoms with Crippen molar-refractivity contribution < 1.29 is 24.5 Å². The van der Waals surface area contributed by atoms with Crippen molar-refractivity contribution in [3.05, 3.63) is 29.3 Å². The fourth-order valence-electron chi connectivity index (χ4n) is 3.43. The molecule has 0 radical (unpaired) electrons. The van der Waals surface area contributed by atoms with E-state index < -0.39 is 18.6 Å². The van der Waals surface area contributed by atoms with Crippen molar-refractivity contribution in [1.82, 2.24) is 15.1 Å². The van der Waals surface area contributed by atoms with Gasteiger partial charge in [0.1, 0.15) is 11.8 Å². The molecule has 0 aromatic heterocycles. The van der Waals surface area contributed by atoms with E-state index in [9.17, 15) is 19.8 Å². The number of aliphatic hydroxyl groups is 1. The maximum atomic E-state index is 12.7. The molecule has 1 atom stereocenters. The molecule has 29 heavy (non-hydrogen) atoms. The van der Waals surface area contributed by atoms with E-state index in [2.05, 4.69) is 10.2 Å². The largest absolute Gasteiger partial charge is 0.508 e. The number of ether oxygens (including phenoxy) is 1. The molecule has 1 fully saturated rings. The van der Waals surface area contributed by atoms with Crippen molar-refractivity contribution in [3.8, 4) is 5.75 Å². The number of amides is 2. The van der Waals surface area contributed by atoms with Gasteiger partial charge in [0.25, 0.3) is 5.91 Å². The maximum absolute atomic E-state index is 12.7. The Kier molecular flexibility index (Phi) is 9.37. The van der Waals surface area contributed by atoms with Gasteiger partial charge in [0.15, 0.2) is 0 Å². The smallest absolute Gasteiger partial charge is 0.252 e. The zero-order valence-corrected chi connectivity index (χ0v) is 17.4. The Bertz CT molecular complexity index is 670. The SMILES string of the molecule is CCCN(CCC)C(=O)C(CO)NC(=O)c1cc(O)cc(CN2CCOCC2)c1. The Morgan fingerprint density at radius 2 is 1.83 bits per heavy atom. The number of benzene rings is 1. The van der Waals surface area contributed by atoms with Crippen molar-refractivity contribution >= 4 is 11.8 Å². The highest BCUT2D eigenvalue weighted by molar-refractivity contribution is 5.98. The van der Waals surface area contributed by atoms with Gasteiger partial charge in [0.2, 0.25) is 5.91 Å². The number of nitrogens with one attached hydrogen (secondary N) is 1. The quantitative estimate of drug-likeness (QED) is 0.534. The van der Waals surface area contributed by atoms with Gasteiger partial charge in [-0.05, 0) is 36.6 Å². The third-order valence-electron chi connectivity index (χ3n) is 4.83. The summed E-state index contributed by atoms with van der Waals surface area (Å²) in [7, 11) is 0. The number of hydrogen-bond acceptors (Lipinski definition) is 6. The van der Waals surface area contributed by atoms with E-state index in [0.29, 0.717) is 32.8 Å². The normalized spacial score (nSPS) is 15.7. The highest BCUT2D eigenvalue weighted by atomic mass is 16.5. The van der Waals surface area contributed by atoms with Crippen LogP contribution in [0.25, 0.3) is 0 Å². The van der Waals surface area contributed by atoms with Crippen LogP contribution in [0.2, 0.25) is 0 Å². The number of phenols is 1. The predicted octanol–water partition coefficient (Wildman–Crippen LogP) is 0.964. The second-order valence-electron chi connectivity index (χ2n) is 7.31. The van der Waals surface area contributed by atoms with Gasteiger partial charge in [0, 0.05) is 38.3 Å². The third-order valence-corrected chi connectivity index (χ3v) is 4.83. The molecule has 1 aliphatic heterocycles. The Morgan fingerprint density at radius 3 is 2.41 bits per heavy atom. The van der Waals surface area contributed by atoms with Gasteiger partial charge < -0.3 is 25.2 Å². The highest BCUT2D eigenvalue weighted by Gasteiger charge is 2.25. The van der Waals surface area contributed by atoms with Crippen molar-refractivity contribution in [3.63, 3.8) is 0 Å². The minimum Gasteiger partial charge on any atom is -0.508 e. The maximum Gasteiger partial charge on any atom is 0.252 e. The summed E-state index contributed by atoms with van der Waals surface area (Å²) in [5.74, 6) is -0.797. The third kappa shape index (κ3) is 6.99. The van der Waals surface area contributed by atoms with Crippen LogP contribution < -0.4 is 5.32 Å². The van der Waals surface area contributed by atoms with Crippen LogP contribution in [-0.4, -0.2) is 83.9 Å². The van der Waals surface area contributed by atoms with Gasteiger partial charge in [-0.2, -0.15) is 0 Å². The van der Waals surface area contributed by atoms with E-state index in [-0.39, 0.29) is 17.2 Å². The van der Waals surface area contributed by atoms with Crippen LogP contribution in [-0.2, 0) is 16.1 Å². The van der Waals surface area contributed by atoms with Crippen LogP contribution in [0, 0.1) is 0 Å². The molecule has 162 valence electrons. The Balaban J connectivity index is 2.08. The van der Waals surface area contributed by atoms with Crippen LogP contribution in [0.4, 0.5) is 0 Å². The molecule has 1 aliphatic rings. The van der Waals surface area contributed by atoms with E-state index in [1.54, 1.807) is 17.0 Å². The summed E-state index contributed by atoms with van der Waals surface area (Å²) in [6.45, 7) is 8.15. The minimum atomic E-state index is -1.01. The van der Waals surface area contributed by atoms with Gasteiger partial charge in [-0.25, -0.2) is 0 Å². The van der Waals surface area contributed by atoms with E-state index in [0.717, 1.165) is 31.5 Å². The number of carbonyl (C=O) groups excluding carboxylic acids is 2. The standard InChI is InChI=1S/C21H33N3O5/c1-3-5-24(6-4-2)21(28)19(15-25)22-20(27)17-11-16(12-18(26)13-17)14-23-7-9-29-10-8-23/h11-13,19,25-26H,3-10,14-15H2,1-2H3,(H,22,27). The highest BCUT2D eigenvalue weighted by Crippen LogP contribution is 2.18. The lowest BCUT2D eigenvalue weighted by atomic mass is 10.1. The second kappa shape index (κ2) is 11.7. The molecule has 1 saturated heterocycles.